The summed E-state index contributed by atoms with van der Waals surface area (Å²) in [6.45, 7) is 0.263. The van der Waals surface area contributed by atoms with E-state index in [4.69, 9.17) is 9.47 Å². The van der Waals surface area contributed by atoms with E-state index in [0.29, 0.717) is 17.9 Å². The molecule has 0 aliphatic carbocycles. The second-order valence-electron chi connectivity index (χ2n) is 4.51. The number of carbonyl (C=O) groups excluding carboxylic acids is 1. The van der Waals surface area contributed by atoms with Gasteiger partial charge in [0, 0.05) is 25.9 Å². The lowest BCUT2D eigenvalue weighted by molar-refractivity contribution is -0.121. The molecule has 2 aromatic rings. The molecule has 21 heavy (non-hydrogen) atoms. The molecule has 1 heterocycles. The first-order valence-corrected chi connectivity index (χ1v) is 6.59. The summed E-state index contributed by atoms with van der Waals surface area (Å²) in [5, 5.41) is 2.60. The standard InChI is InChI=1S/C15H19N3O3/c1-16-15(19)10-18-7-6-17-14(18)9-11-4-5-12(20-2)13(8-11)21-3/h4-8H,9-10H2,1-3H3,(H,16,19). The fourth-order valence-corrected chi connectivity index (χ4v) is 2.06. The van der Waals surface area contributed by atoms with Crippen molar-refractivity contribution in [2.75, 3.05) is 21.3 Å². The minimum absolute atomic E-state index is 0.0541. The molecule has 0 radical (unpaired) electrons. The molecule has 0 unspecified atom stereocenters. The Hall–Kier alpha value is -2.50. The van der Waals surface area contributed by atoms with Crippen LogP contribution in [-0.4, -0.2) is 36.7 Å². The number of amides is 1. The Morgan fingerprint density at radius 1 is 1.29 bits per heavy atom. The van der Waals surface area contributed by atoms with Gasteiger partial charge in [-0.1, -0.05) is 6.07 Å². The lowest BCUT2D eigenvalue weighted by atomic mass is 10.1. The Balaban J connectivity index is 2.19. The maximum Gasteiger partial charge on any atom is 0.239 e. The SMILES string of the molecule is CNC(=O)Cn1ccnc1Cc1ccc(OC)c(OC)c1. The Morgan fingerprint density at radius 2 is 2.05 bits per heavy atom. The van der Waals surface area contributed by atoms with Crippen LogP contribution in [0.15, 0.2) is 30.6 Å². The average molecular weight is 289 g/mol. The van der Waals surface area contributed by atoms with E-state index in [-0.39, 0.29) is 12.5 Å². The lowest BCUT2D eigenvalue weighted by Crippen LogP contribution is -2.24. The van der Waals surface area contributed by atoms with Gasteiger partial charge >= 0.3 is 0 Å². The molecule has 2 rings (SSSR count). The summed E-state index contributed by atoms with van der Waals surface area (Å²) in [5.74, 6) is 2.14. The Labute approximate surface area is 123 Å². The highest BCUT2D eigenvalue weighted by molar-refractivity contribution is 5.75. The van der Waals surface area contributed by atoms with Crippen molar-refractivity contribution in [1.82, 2.24) is 14.9 Å². The van der Waals surface area contributed by atoms with E-state index in [1.807, 2.05) is 22.8 Å². The number of benzene rings is 1. The van der Waals surface area contributed by atoms with E-state index in [1.165, 1.54) is 0 Å². The smallest absolute Gasteiger partial charge is 0.239 e. The summed E-state index contributed by atoms with van der Waals surface area (Å²) in [6, 6.07) is 5.73. The molecule has 1 aromatic carbocycles. The number of rotatable bonds is 6. The van der Waals surface area contributed by atoms with Gasteiger partial charge < -0.3 is 19.4 Å². The molecule has 0 fully saturated rings. The average Bonchev–Trinajstić information content (AvgIpc) is 2.93. The van der Waals surface area contributed by atoms with Crippen LogP contribution in [0.25, 0.3) is 0 Å². The fraction of sp³-hybridized carbons (Fsp3) is 0.333. The summed E-state index contributed by atoms with van der Waals surface area (Å²) in [4.78, 5) is 15.8. The maximum atomic E-state index is 11.5. The van der Waals surface area contributed by atoms with Crippen LogP contribution in [0.2, 0.25) is 0 Å². The quantitative estimate of drug-likeness (QED) is 0.869. The first-order valence-electron chi connectivity index (χ1n) is 6.59. The number of hydrogen-bond donors (Lipinski definition) is 1. The molecule has 0 bridgehead atoms. The Bertz CT molecular complexity index is 622. The van der Waals surface area contributed by atoms with Crippen LogP contribution < -0.4 is 14.8 Å². The number of imidazole rings is 1. The lowest BCUT2D eigenvalue weighted by Gasteiger charge is -2.10. The topological polar surface area (TPSA) is 65.4 Å². The molecular weight excluding hydrogens is 270 g/mol. The van der Waals surface area contributed by atoms with E-state index in [2.05, 4.69) is 10.3 Å². The highest BCUT2D eigenvalue weighted by Crippen LogP contribution is 2.28. The van der Waals surface area contributed by atoms with Crippen molar-refractivity contribution in [3.63, 3.8) is 0 Å². The zero-order valence-corrected chi connectivity index (χ0v) is 12.4. The molecule has 0 spiro atoms. The molecule has 6 nitrogen and oxygen atoms in total. The molecule has 0 saturated heterocycles. The summed E-state index contributed by atoms with van der Waals surface area (Å²) in [5.41, 5.74) is 1.04. The minimum Gasteiger partial charge on any atom is -0.493 e. The van der Waals surface area contributed by atoms with Gasteiger partial charge in [-0.15, -0.1) is 0 Å². The van der Waals surface area contributed by atoms with Crippen molar-refractivity contribution in [1.29, 1.82) is 0 Å². The molecule has 112 valence electrons. The number of ether oxygens (including phenoxy) is 2. The van der Waals surface area contributed by atoms with E-state index < -0.39 is 0 Å². The van der Waals surface area contributed by atoms with Crippen LogP contribution in [0.3, 0.4) is 0 Å². The molecule has 1 N–H and O–H groups in total. The number of carbonyl (C=O) groups is 1. The van der Waals surface area contributed by atoms with Crippen molar-refractivity contribution in [2.45, 2.75) is 13.0 Å². The molecular formula is C15H19N3O3. The van der Waals surface area contributed by atoms with Crippen LogP contribution in [0.1, 0.15) is 11.4 Å². The molecule has 0 aliphatic rings. The van der Waals surface area contributed by atoms with E-state index in [0.717, 1.165) is 11.4 Å². The maximum absolute atomic E-state index is 11.5. The highest BCUT2D eigenvalue weighted by atomic mass is 16.5. The van der Waals surface area contributed by atoms with Crippen LogP contribution in [0, 0.1) is 0 Å². The van der Waals surface area contributed by atoms with E-state index in [1.54, 1.807) is 33.7 Å². The van der Waals surface area contributed by atoms with Gasteiger partial charge in [0.2, 0.25) is 5.91 Å². The third-order valence-electron chi connectivity index (χ3n) is 3.20. The molecule has 0 saturated carbocycles. The van der Waals surface area contributed by atoms with Crippen molar-refractivity contribution in [3.8, 4) is 11.5 Å². The van der Waals surface area contributed by atoms with Gasteiger partial charge in [-0.3, -0.25) is 4.79 Å². The number of hydrogen-bond acceptors (Lipinski definition) is 4. The molecule has 6 heteroatoms. The van der Waals surface area contributed by atoms with Gasteiger partial charge in [0.05, 0.1) is 14.2 Å². The minimum atomic E-state index is -0.0541. The van der Waals surface area contributed by atoms with Gasteiger partial charge in [-0.2, -0.15) is 0 Å². The van der Waals surface area contributed by atoms with Gasteiger partial charge in [0.25, 0.3) is 0 Å². The first kappa shape index (κ1) is 14.9. The Morgan fingerprint density at radius 3 is 2.71 bits per heavy atom. The number of nitrogens with zero attached hydrogens (tertiary/aromatic N) is 2. The molecule has 1 amide bonds. The molecule has 0 atom stereocenters. The van der Waals surface area contributed by atoms with Crippen molar-refractivity contribution in [3.05, 3.63) is 42.0 Å². The Kier molecular flexibility index (Phi) is 4.81. The number of methoxy groups -OCH3 is 2. The second-order valence-corrected chi connectivity index (χ2v) is 4.51. The second kappa shape index (κ2) is 6.78. The zero-order valence-electron chi connectivity index (χ0n) is 12.4. The molecule has 1 aromatic heterocycles. The van der Waals surface area contributed by atoms with Gasteiger partial charge in [0.15, 0.2) is 11.5 Å². The van der Waals surface area contributed by atoms with Crippen molar-refractivity contribution < 1.29 is 14.3 Å². The van der Waals surface area contributed by atoms with Gasteiger partial charge in [-0.25, -0.2) is 4.98 Å². The number of aromatic nitrogens is 2. The van der Waals surface area contributed by atoms with Crippen LogP contribution in [0.4, 0.5) is 0 Å². The van der Waals surface area contributed by atoms with Crippen molar-refractivity contribution in [2.24, 2.45) is 0 Å². The predicted molar refractivity (Wildman–Crippen MR) is 78.6 cm³/mol. The first-order chi connectivity index (χ1) is 10.2. The van der Waals surface area contributed by atoms with Crippen LogP contribution in [0.5, 0.6) is 11.5 Å². The zero-order chi connectivity index (χ0) is 15.2. The number of likely N-dealkylation sites (N-methyl/N-ethyl adjacent to an activating group) is 1. The molecule has 0 aliphatic heterocycles. The third-order valence-corrected chi connectivity index (χ3v) is 3.20. The van der Waals surface area contributed by atoms with E-state index >= 15 is 0 Å². The van der Waals surface area contributed by atoms with Crippen molar-refractivity contribution >= 4 is 5.91 Å². The predicted octanol–water partition coefficient (Wildman–Crippen LogP) is 1.24. The van der Waals surface area contributed by atoms with E-state index in [9.17, 15) is 4.79 Å². The summed E-state index contributed by atoms with van der Waals surface area (Å²) < 4.78 is 12.3. The highest BCUT2D eigenvalue weighted by Gasteiger charge is 2.10. The normalized spacial score (nSPS) is 10.2. The number of nitrogens with one attached hydrogen (secondary N) is 1. The van der Waals surface area contributed by atoms with Crippen LogP contribution >= 0.6 is 0 Å². The van der Waals surface area contributed by atoms with Gasteiger partial charge in [-0.05, 0) is 17.7 Å². The summed E-state index contributed by atoms with van der Waals surface area (Å²) in [6.07, 6.45) is 4.11. The fourth-order valence-electron chi connectivity index (χ4n) is 2.06. The van der Waals surface area contributed by atoms with Crippen LogP contribution in [-0.2, 0) is 17.8 Å². The van der Waals surface area contributed by atoms with Gasteiger partial charge in [0.1, 0.15) is 12.4 Å². The monoisotopic (exact) mass is 289 g/mol. The third kappa shape index (κ3) is 3.53. The summed E-state index contributed by atoms with van der Waals surface area (Å²) >= 11 is 0. The largest absolute Gasteiger partial charge is 0.493 e. The summed E-state index contributed by atoms with van der Waals surface area (Å²) in [7, 11) is 4.83.